The SMILES string of the molecule is CC[N+]1=c2cc3c(cc2CCC1)=Nc1cc2c(cc1O3)N(CCCC(=O)NCCNC(=O)O[C@@H]1[C@H](O)[C@@H](COP(=O)(O)OP(=O)(O)O)O[C@H]1[n+]1cn(C)c3c(=O)[nH]c(N)nc31)C(C)(C)C=C2CS(=O)(=O)O. The van der Waals surface area contributed by atoms with Crippen molar-refractivity contribution in [1.29, 1.82) is 0 Å². The van der Waals surface area contributed by atoms with Crippen molar-refractivity contribution in [2.45, 2.75) is 76.5 Å². The molecule has 4 aliphatic heterocycles. The highest BCUT2D eigenvalue weighted by molar-refractivity contribution is 7.86. The van der Waals surface area contributed by atoms with Crippen LogP contribution >= 0.6 is 15.6 Å². The maximum Gasteiger partial charge on any atom is 0.481 e. The third-order valence-corrected chi connectivity index (χ3v) is 15.1. The van der Waals surface area contributed by atoms with E-state index < -0.39 is 79.9 Å². The second-order valence-electron chi connectivity index (χ2n) is 17.8. The Balaban J connectivity index is 0.907. The number of aromatic nitrogens is 4. The highest BCUT2D eigenvalue weighted by atomic mass is 32.2. The molecule has 0 radical (unpaired) electrons. The molecular formula is C41H54N10O17P2S+2. The summed E-state index contributed by atoms with van der Waals surface area (Å²) in [5.74, 6) is -0.238. The molecule has 1 unspecified atom stereocenters. The molecule has 384 valence electrons. The summed E-state index contributed by atoms with van der Waals surface area (Å²) in [5, 5.41) is 18.2. The lowest BCUT2D eigenvalue weighted by Gasteiger charge is -2.44. The Bertz CT molecular complexity index is 3250. The first-order valence-corrected chi connectivity index (χ1v) is 26.9. The second-order valence-corrected chi connectivity index (χ2v) is 22.1. The Morgan fingerprint density at radius 2 is 1.86 bits per heavy atom. The van der Waals surface area contributed by atoms with Crippen LogP contribution < -0.4 is 51.4 Å². The molecule has 2 aromatic heterocycles. The van der Waals surface area contributed by atoms with Crippen molar-refractivity contribution in [3.05, 3.63) is 68.9 Å². The van der Waals surface area contributed by atoms with Crippen molar-refractivity contribution < 1.29 is 79.1 Å². The van der Waals surface area contributed by atoms with Gasteiger partial charge in [0, 0.05) is 55.4 Å². The van der Waals surface area contributed by atoms with E-state index in [9.17, 15) is 46.5 Å². The molecule has 5 atom stereocenters. The van der Waals surface area contributed by atoms with Crippen LogP contribution in [0, 0.1) is 0 Å². The quantitative estimate of drug-likeness (QED) is 0.0250. The second kappa shape index (κ2) is 19.8. The zero-order chi connectivity index (χ0) is 51.4. The van der Waals surface area contributed by atoms with Gasteiger partial charge in [0.1, 0.15) is 42.1 Å². The number of nitrogens with one attached hydrogen (secondary N) is 3. The molecule has 8 rings (SSSR count). The average Bonchev–Trinajstić information content (AvgIpc) is 3.75. The van der Waals surface area contributed by atoms with Crippen molar-refractivity contribution in [1.82, 2.24) is 29.7 Å². The van der Waals surface area contributed by atoms with Crippen LogP contribution in [0.4, 0.5) is 22.1 Å². The van der Waals surface area contributed by atoms with Gasteiger partial charge in [0.15, 0.2) is 23.9 Å². The van der Waals surface area contributed by atoms with Gasteiger partial charge in [0.05, 0.1) is 25.3 Å². The number of imidazole rings is 1. The number of fused-ring (bicyclic) bond motifs is 5. The predicted molar refractivity (Wildman–Crippen MR) is 249 cm³/mol. The van der Waals surface area contributed by atoms with Crippen LogP contribution in [0.15, 0.2) is 46.5 Å². The molecule has 0 saturated carbocycles. The molecule has 1 fully saturated rings. The van der Waals surface area contributed by atoms with E-state index in [0.29, 0.717) is 52.3 Å². The summed E-state index contributed by atoms with van der Waals surface area (Å²) in [5.41, 5.74) is 7.47. The molecule has 27 nitrogen and oxygen atoms in total. The summed E-state index contributed by atoms with van der Waals surface area (Å²) in [6, 6.07) is 7.59. The number of alkyl carbamates (subject to hydrolysis) is 1. The number of aliphatic hydroxyl groups excluding tert-OH is 1. The molecule has 0 aliphatic carbocycles. The van der Waals surface area contributed by atoms with E-state index in [1.807, 2.05) is 30.9 Å². The molecule has 4 aliphatic rings. The van der Waals surface area contributed by atoms with Crippen molar-refractivity contribution in [2.75, 3.05) is 55.7 Å². The lowest BCUT2D eigenvalue weighted by molar-refractivity contribution is -0.745. The number of amides is 2. The minimum Gasteiger partial charge on any atom is -0.452 e. The first-order valence-electron chi connectivity index (χ1n) is 22.3. The molecule has 6 heterocycles. The molecule has 2 aromatic carbocycles. The van der Waals surface area contributed by atoms with Gasteiger partial charge in [0.25, 0.3) is 21.6 Å². The van der Waals surface area contributed by atoms with Crippen LogP contribution in [0.5, 0.6) is 11.5 Å². The number of nitrogens with two attached hydrogens (primary N) is 1. The largest absolute Gasteiger partial charge is 0.481 e. The van der Waals surface area contributed by atoms with Gasteiger partial charge in [-0.3, -0.25) is 28.2 Å². The first kappa shape index (κ1) is 51.7. The number of carbonyl (C=O) groups excluding carboxylic acids is 2. The van der Waals surface area contributed by atoms with Gasteiger partial charge in [-0.05, 0) is 51.3 Å². The van der Waals surface area contributed by atoms with E-state index in [2.05, 4.69) is 40.9 Å². The lowest BCUT2D eigenvalue weighted by atomic mass is 9.88. The number of nitrogens with zero attached hydrogens (tertiary/aromatic N) is 6. The van der Waals surface area contributed by atoms with E-state index in [4.69, 9.17) is 34.7 Å². The molecule has 1 saturated heterocycles. The molecule has 2 amide bonds. The number of rotatable bonds is 17. The monoisotopic (exact) mass is 1050 g/mol. The third-order valence-electron chi connectivity index (χ3n) is 12.2. The highest BCUT2D eigenvalue weighted by Crippen LogP contribution is 2.58. The molecular weight excluding hydrogens is 999 g/mol. The number of ether oxygens (including phenoxy) is 3. The first-order chi connectivity index (χ1) is 33.3. The normalized spacial score (nSPS) is 21.2. The fourth-order valence-electron chi connectivity index (χ4n) is 9.25. The van der Waals surface area contributed by atoms with Gasteiger partial charge in [-0.2, -0.15) is 12.7 Å². The number of aryl methyl sites for hydroxylation is 2. The molecule has 10 N–H and O–H groups in total. The number of phosphoric ester groups is 1. The zero-order valence-corrected chi connectivity index (χ0v) is 41.4. The number of H-pyrrole nitrogens is 1. The Kier molecular flexibility index (Phi) is 14.4. The summed E-state index contributed by atoms with van der Waals surface area (Å²) in [4.78, 5) is 80.1. The average molecular weight is 1050 g/mol. The number of hydrogen-bond acceptors (Lipinski definition) is 17. The van der Waals surface area contributed by atoms with E-state index in [1.165, 1.54) is 28.1 Å². The van der Waals surface area contributed by atoms with E-state index in [1.54, 1.807) is 18.2 Å². The molecule has 0 spiro atoms. The lowest BCUT2D eigenvalue weighted by Crippen LogP contribution is -2.49. The molecule has 30 heteroatoms. The Morgan fingerprint density at radius 3 is 2.58 bits per heavy atom. The maximum absolute atomic E-state index is 13.2. The predicted octanol–water partition coefficient (Wildman–Crippen LogP) is -0.309. The van der Waals surface area contributed by atoms with Crippen molar-refractivity contribution in [2.24, 2.45) is 12.0 Å². The van der Waals surface area contributed by atoms with Crippen LogP contribution in [-0.2, 0) is 55.8 Å². The van der Waals surface area contributed by atoms with Crippen LogP contribution in [-0.4, -0.2) is 128 Å². The Hall–Kier alpha value is -5.64. The molecule has 71 heavy (non-hydrogen) atoms. The zero-order valence-electron chi connectivity index (χ0n) is 38.8. The number of anilines is 2. The Morgan fingerprint density at radius 1 is 1.11 bits per heavy atom. The van der Waals surface area contributed by atoms with E-state index in [-0.39, 0.29) is 42.5 Å². The number of nitrogen functional groups attached to an aromatic ring is 1. The molecule has 4 aromatic rings. The van der Waals surface area contributed by atoms with Crippen molar-refractivity contribution >= 4 is 71.8 Å². The van der Waals surface area contributed by atoms with Gasteiger partial charge >= 0.3 is 27.4 Å². The van der Waals surface area contributed by atoms with Crippen LogP contribution in [0.1, 0.15) is 57.4 Å². The third kappa shape index (κ3) is 11.5. The number of benzene rings is 2. The fourth-order valence-corrected chi connectivity index (χ4v) is 11.5. The van der Waals surface area contributed by atoms with Gasteiger partial charge < -0.3 is 55.3 Å². The number of aliphatic hydroxyl groups is 1. The van der Waals surface area contributed by atoms with Crippen LogP contribution in [0.25, 0.3) is 16.7 Å². The van der Waals surface area contributed by atoms with Gasteiger partial charge in [-0.15, -0.1) is 0 Å². The highest BCUT2D eigenvalue weighted by Gasteiger charge is 2.51. The van der Waals surface area contributed by atoms with Crippen molar-refractivity contribution in [3.8, 4) is 11.5 Å². The van der Waals surface area contributed by atoms with Crippen molar-refractivity contribution in [3.63, 3.8) is 0 Å². The van der Waals surface area contributed by atoms with Crippen LogP contribution in [0.2, 0.25) is 0 Å². The smallest absolute Gasteiger partial charge is 0.452 e. The maximum atomic E-state index is 13.2. The fraction of sp³-hybridized carbons (Fsp3) is 0.488. The summed E-state index contributed by atoms with van der Waals surface area (Å²) in [6.07, 6.45) is -2.29. The summed E-state index contributed by atoms with van der Waals surface area (Å²) >= 11 is 0. The number of aromatic amines is 1. The molecule has 0 bridgehead atoms. The van der Waals surface area contributed by atoms with Gasteiger partial charge in [0.2, 0.25) is 23.0 Å². The Labute approximate surface area is 404 Å². The summed E-state index contributed by atoms with van der Waals surface area (Å²) in [6.45, 7) is 6.74. The van der Waals surface area contributed by atoms with Crippen LogP contribution in [0.3, 0.4) is 0 Å². The minimum atomic E-state index is -5.50. The van der Waals surface area contributed by atoms with E-state index in [0.717, 1.165) is 31.3 Å². The van der Waals surface area contributed by atoms with Gasteiger partial charge in [-0.1, -0.05) is 11.1 Å². The van der Waals surface area contributed by atoms with Gasteiger partial charge in [-0.25, -0.2) is 28.1 Å². The minimum absolute atomic E-state index is 0.00539. The standard InChI is InChI=1S/C41H52N10O17P2S/c1-5-49-12-6-8-22-14-25-29(16-27(22)49)65-30-17-28-24(15-26(30)45-25)23(20-71(61,62)63)18-41(2,3)51(28)13-7-9-32(52)43-10-11-44-40(55)67-35-34(53)31(19-64-70(59,60)68-69(56,57)58)66-38(35)50-21-48(4)33-36(50)46-39(42)47-37(33)54/h14-18,21,31,34-35,38,53H,5-13,19-20H2,1-4H3,(H7-2,42,43,44,46,47,52,54,55,56,57,58,59,60,61,62,63)/p+2/t31-,34-,35-,38-/m1/s1. The summed E-state index contributed by atoms with van der Waals surface area (Å²) < 4.78 is 88.9. The number of carbonyl (C=O) groups is 2. The number of hydrogen-bond donors (Lipinski definition) is 9. The summed E-state index contributed by atoms with van der Waals surface area (Å²) in [7, 11) is -13.9. The van der Waals surface area contributed by atoms with E-state index >= 15 is 0 Å². The topological polar surface area (TPSA) is 373 Å². The number of phosphoric acid groups is 2.